The Hall–Kier alpha value is -1.75. The van der Waals surface area contributed by atoms with E-state index in [9.17, 15) is 0 Å². The van der Waals surface area contributed by atoms with Crippen molar-refractivity contribution in [3.63, 3.8) is 0 Å². The number of benzene rings is 1. The Balaban J connectivity index is 2.70. The fourth-order valence-electron chi connectivity index (χ4n) is 2.20. The third kappa shape index (κ3) is 8.20. The van der Waals surface area contributed by atoms with E-state index in [1.165, 1.54) is 12.0 Å². The average molecular weight is 335 g/mol. The first kappa shape index (κ1) is 20.3. The van der Waals surface area contributed by atoms with Gasteiger partial charge in [0.15, 0.2) is 5.96 Å². The van der Waals surface area contributed by atoms with Crippen LogP contribution in [0.4, 0.5) is 0 Å². The molecule has 5 heteroatoms. The van der Waals surface area contributed by atoms with Crippen LogP contribution in [-0.4, -0.2) is 39.4 Å². The molecule has 0 fully saturated rings. The summed E-state index contributed by atoms with van der Waals surface area (Å²) < 4.78 is 11.0. The van der Waals surface area contributed by atoms with Crippen LogP contribution in [0.1, 0.15) is 44.2 Å². The molecule has 1 aromatic rings. The topological polar surface area (TPSA) is 54.9 Å². The van der Waals surface area contributed by atoms with Crippen molar-refractivity contribution in [2.24, 2.45) is 4.99 Å². The lowest BCUT2D eigenvalue weighted by Crippen LogP contribution is -2.37. The SMILES string of the molecule is CCCCNC(=NCc1ccc(C)cc1OCCCOC)NCC. The minimum absolute atomic E-state index is 0.599. The van der Waals surface area contributed by atoms with Gasteiger partial charge in [0.05, 0.1) is 13.2 Å². The second kappa shape index (κ2) is 12.6. The fourth-order valence-corrected chi connectivity index (χ4v) is 2.20. The Morgan fingerprint density at radius 3 is 2.67 bits per heavy atom. The molecule has 0 aliphatic carbocycles. The number of unbranched alkanes of at least 4 members (excludes halogenated alkanes) is 1. The molecule has 0 unspecified atom stereocenters. The zero-order valence-corrected chi connectivity index (χ0v) is 15.7. The van der Waals surface area contributed by atoms with Gasteiger partial charge in [-0.25, -0.2) is 4.99 Å². The molecule has 0 aliphatic rings. The van der Waals surface area contributed by atoms with Gasteiger partial charge in [0.25, 0.3) is 0 Å². The molecule has 24 heavy (non-hydrogen) atoms. The van der Waals surface area contributed by atoms with Gasteiger partial charge in [0.1, 0.15) is 5.75 Å². The summed E-state index contributed by atoms with van der Waals surface area (Å²) in [4.78, 5) is 4.68. The number of methoxy groups -OCH3 is 1. The van der Waals surface area contributed by atoms with Crippen LogP contribution in [0.5, 0.6) is 5.75 Å². The number of hydrogen-bond acceptors (Lipinski definition) is 3. The van der Waals surface area contributed by atoms with Gasteiger partial charge >= 0.3 is 0 Å². The van der Waals surface area contributed by atoms with Crippen molar-refractivity contribution in [3.05, 3.63) is 29.3 Å². The number of aryl methyl sites for hydroxylation is 1. The van der Waals surface area contributed by atoms with Gasteiger partial charge in [-0.05, 0) is 31.9 Å². The van der Waals surface area contributed by atoms with E-state index in [2.05, 4.69) is 54.6 Å². The largest absolute Gasteiger partial charge is 0.493 e. The van der Waals surface area contributed by atoms with Crippen LogP contribution < -0.4 is 15.4 Å². The smallest absolute Gasteiger partial charge is 0.191 e. The number of rotatable bonds is 11. The average Bonchev–Trinajstić information content (AvgIpc) is 2.58. The zero-order valence-electron chi connectivity index (χ0n) is 15.7. The standard InChI is InChI=1S/C19H33N3O2/c1-5-7-11-21-19(20-6-2)22-15-17-10-9-16(3)14-18(17)24-13-8-12-23-4/h9-10,14H,5-8,11-13,15H2,1-4H3,(H2,20,21,22). The molecule has 0 spiro atoms. The second-order valence-corrected chi connectivity index (χ2v) is 5.78. The van der Waals surface area contributed by atoms with Crippen LogP contribution in [0.25, 0.3) is 0 Å². The molecule has 0 heterocycles. The van der Waals surface area contributed by atoms with E-state index >= 15 is 0 Å². The highest BCUT2D eigenvalue weighted by molar-refractivity contribution is 5.79. The number of hydrogen-bond donors (Lipinski definition) is 2. The van der Waals surface area contributed by atoms with Crippen LogP contribution in [0.3, 0.4) is 0 Å². The van der Waals surface area contributed by atoms with E-state index in [4.69, 9.17) is 9.47 Å². The molecule has 0 bridgehead atoms. The van der Waals surface area contributed by atoms with Crippen molar-refractivity contribution in [1.82, 2.24) is 10.6 Å². The van der Waals surface area contributed by atoms with Gasteiger partial charge in [-0.1, -0.05) is 25.5 Å². The molecule has 0 amide bonds. The first-order chi connectivity index (χ1) is 11.7. The number of nitrogens with zero attached hydrogens (tertiary/aromatic N) is 1. The van der Waals surface area contributed by atoms with E-state index in [1.807, 2.05) is 0 Å². The summed E-state index contributed by atoms with van der Waals surface area (Å²) in [5.41, 5.74) is 2.29. The van der Waals surface area contributed by atoms with E-state index in [1.54, 1.807) is 7.11 Å². The predicted octanol–water partition coefficient (Wildman–Crippen LogP) is 3.27. The Morgan fingerprint density at radius 1 is 1.12 bits per heavy atom. The van der Waals surface area contributed by atoms with Crippen LogP contribution in [0.15, 0.2) is 23.2 Å². The molecular formula is C19H33N3O2. The molecular weight excluding hydrogens is 302 g/mol. The summed E-state index contributed by atoms with van der Waals surface area (Å²) in [6.45, 7) is 10.1. The molecule has 1 rings (SSSR count). The molecule has 1 aromatic carbocycles. The number of nitrogens with one attached hydrogen (secondary N) is 2. The highest BCUT2D eigenvalue weighted by atomic mass is 16.5. The predicted molar refractivity (Wildman–Crippen MR) is 101 cm³/mol. The Morgan fingerprint density at radius 2 is 1.96 bits per heavy atom. The van der Waals surface area contributed by atoms with Crippen LogP contribution in [-0.2, 0) is 11.3 Å². The minimum Gasteiger partial charge on any atom is -0.493 e. The van der Waals surface area contributed by atoms with Crippen LogP contribution in [0, 0.1) is 6.92 Å². The maximum Gasteiger partial charge on any atom is 0.191 e. The van der Waals surface area contributed by atoms with Crippen molar-refractivity contribution in [1.29, 1.82) is 0 Å². The lowest BCUT2D eigenvalue weighted by Gasteiger charge is -2.13. The molecule has 0 aliphatic heterocycles. The minimum atomic E-state index is 0.599. The first-order valence-corrected chi connectivity index (χ1v) is 8.94. The first-order valence-electron chi connectivity index (χ1n) is 8.94. The van der Waals surface area contributed by atoms with Gasteiger partial charge in [0.2, 0.25) is 0 Å². The highest BCUT2D eigenvalue weighted by Gasteiger charge is 2.05. The maximum absolute atomic E-state index is 5.92. The van der Waals surface area contributed by atoms with Gasteiger partial charge in [0, 0.05) is 38.8 Å². The maximum atomic E-state index is 5.92. The lowest BCUT2D eigenvalue weighted by molar-refractivity contribution is 0.172. The Kier molecular flexibility index (Phi) is 10.7. The normalized spacial score (nSPS) is 11.4. The molecule has 5 nitrogen and oxygen atoms in total. The second-order valence-electron chi connectivity index (χ2n) is 5.78. The molecule has 136 valence electrons. The van der Waals surface area contributed by atoms with Gasteiger partial charge < -0.3 is 20.1 Å². The highest BCUT2D eigenvalue weighted by Crippen LogP contribution is 2.21. The zero-order chi connectivity index (χ0) is 17.6. The van der Waals surface area contributed by atoms with Gasteiger partial charge in [-0.15, -0.1) is 0 Å². The summed E-state index contributed by atoms with van der Waals surface area (Å²) >= 11 is 0. The monoisotopic (exact) mass is 335 g/mol. The molecule has 2 N–H and O–H groups in total. The van der Waals surface area contributed by atoms with Crippen molar-refractivity contribution in [2.45, 2.75) is 46.6 Å². The molecule has 0 aromatic heterocycles. The summed E-state index contributed by atoms with van der Waals surface area (Å²) in [7, 11) is 1.71. The van der Waals surface area contributed by atoms with Gasteiger partial charge in [-0.2, -0.15) is 0 Å². The summed E-state index contributed by atoms with van der Waals surface area (Å²) in [5, 5.41) is 6.65. The molecule has 0 saturated heterocycles. The van der Waals surface area contributed by atoms with E-state index < -0.39 is 0 Å². The van der Waals surface area contributed by atoms with Crippen molar-refractivity contribution in [3.8, 4) is 5.75 Å². The molecule has 0 atom stereocenters. The number of guanidine groups is 1. The van der Waals surface area contributed by atoms with Crippen molar-refractivity contribution >= 4 is 5.96 Å². The Bertz CT molecular complexity index is 490. The third-order valence-corrected chi connectivity index (χ3v) is 3.55. The number of aliphatic imine (C=N–C) groups is 1. The van der Waals surface area contributed by atoms with E-state index in [0.717, 1.165) is 43.2 Å². The van der Waals surface area contributed by atoms with Gasteiger partial charge in [-0.3, -0.25) is 0 Å². The number of ether oxygens (including phenoxy) is 2. The Labute approximate surface area is 146 Å². The summed E-state index contributed by atoms with van der Waals surface area (Å²) in [6.07, 6.45) is 3.20. The van der Waals surface area contributed by atoms with E-state index in [-0.39, 0.29) is 0 Å². The molecule has 0 radical (unpaired) electrons. The lowest BCUT2D eigenvalue weighted by atomic mass is 10.1. The third-order valence-electron chi connectivity index (χ3n) is 3.55. The van der Waals surface area contributed by atoms with Crippen molar-refractivity contribution in [2.75, 3.05) is 33.4 Å². The fraction of sp³-hybridized carbons (Fsp3) is 0.632. The van der Waals surface area contributed by atoms with Crippen LogP contribution in [0.2, 0.25) is 0 Å². The quantitative estimate of drug-likeness (QED) is 0.370. The van der Waals surface area contributed by atoms with Crippen LogP contribution >= 0.6 is 0 Å². The molecule has 0 saturated carbocycles. The van der Waals surface area contributed by atoms with Crippen molar-refractivity contribution < 1.29 is 9.47 Å². The summed E-state index contributed by atoms with van der Waals surface area (Å²) in [6, 6.07) is 6.28. The summed E-state index contributed by atoms with van der Waals surface area (Å²) in [5.74, 6) is 1.77. The van der Waals surface area contributed by atoms with E-state index in [0.29, 0.717) is 19.8 Å².